The van der Waals surface area contributed by atoms with Crippen molar-refractivity contribution in [3.05, 3.63) is 46.6 Å². The van der Waals surface area contributed by atoms with Gasteiger partial charge in [-0.05, 0) is 42.4 Å². The molecule has 3 N–H and O–H groups in total. The van der Waals surface area contributed by atoms with Crippen molar-refractivity contribution in [2.45, 2.75) is 44.1 Å². The molecule has 24 heavy (non-hydrogen) atoms. The molecule has 1 aromatic heterocycles. The van der Waals surface area contributed by atoms with Crippen molar-refractivity contribution in [3.63, 3.8) is 0 Å². The number of hydrogen-bond donors (Lipinski definition) is 2. The third kappa shape index (κ3) is 3.08. The molecule has 5 heteroatoms. The van der Waals surface area contributed by atoms with Crippen LogP contribution in [0.4, 0.5) is 0 Å². The zero-order valence-electron chi connectivity index (χ0n) is 13.9. The van der Waals surface area contributed by atoms with E-state index in [4.69, 9.17) is 22.1 Å². The van der Waals surface area contributed by atoms with Crippen LogP contribution in [0.1, 0.15) is 47.8 Å². The number of halogens is 1. The zero-order valence-corrected chi connectivity index (χ0v) is 14.7. The van der Waals surface area contributed by atoms with Crippen molar-refractivity contribution in [2.24, 2.45) is 5.73 Å². The fraction of sp³-hybridized carbons (Fsp3) is 0.421. The van der Waals surface area contributed by atoms with Crippen molar-refractivity contribution >= 4 is 17.5 Å². The normalized spacial score (nSPS) is 15.6. The van der Waals surface area contributed by atoms with E-state index in [1.807, 2.05) is 18.2 Å². The molecule has 4 nitrogen and oxygen atoms in total. The van der Waals surface area contributed by atoms with Crippen LogP contribution in [0.15, 0.2) is 24.3 Å². The van der Waals surface area contributed by atoms with Gasteiger partial charge in [-0.2, -0.15) is 0 Å². The highest BCUT2D eigenvalue weighted by molar-refractivity contribution is 6.17. The number of alkyl halides is 1. The fourth-order valence-corrected chi connectivity index (χ4v) is 3.88. The van der Waals surface area contributed by atoms with E-state index in [0.717, 1.165) is 48.2 Å². The number of nitrogens with two attached hydrogens (primary N) is 1. The number of nitrogens with one attached hydrogen (secondary N) is 1. The Balaban J connectivity index is 2.20. The molecule has 0 bridgehead atoms. The lowest BCUT2D eigenvalue weighted by Gasteiger charge is -2.12. The number of H-pyrrole nitrogens is 1. The number of benzene rings is 1. The van der Waals surface area contributed by atoms with E-state index in [9.17, 15) is 4.79 Å². The van der Waals surface area contributed by atoms with Crippen LogP contribution in [-0.2, 0) is 28.3 Å². The number of rotatable bonds is 5. The maximum absolute atomic E-state index is 11.8. The Morgan fingerprint density at radius 2 is 1.96 bits per heavy atom. The summed E-state index contributed by atoms with van der Waals surface area (Å²) in [6, 6.07) is 8.11. The first-order chi connectivity index (χ1) is 11.7. The maximum Gasteiger partial charge on any atom is 0.252 e. The molecule has 0 saturated carbocycles. The monoisotopic (exact) mass is 346 g/mol. The Morgan fingerprint density at radius 3 is 2.62 bits per heavy atom. The number of primary amides is 1. The molecule has 1 heterocycles. The van der Waals surface area contributed by atoms with E-state index < -0.39 is 12.0 Å². The Labute approximate surface area is 147 Å². The molecule has 1 aromatic carbocycles. The molecular weight excluding hydrogens is 324 g/mol. The average Bonchev–Trinajstić information content (AvgIpc) is 2.78. The SMILES string of the molecule is COC(C(N)=O)c1[nH]c(-c2ccccc2CCl)c2c1CCCCC2. The lowest BCUT2D eigenvalue weighted by atomic mass is 9.97. The number of carbonyl (C=O) groups excluding carboxylic acids is 1. The second-order valence-electron chi connectivity index (χ2n) is 6.24. The largest absolute Gasteiger partial charge is 0.367 e. The Kier molecular flexibility index (Phi) is 5.27. The Bertz CT molecular complexity index is 739. The molecule has 3 rings (SSSR count). The molecule has 1 unspecified atom stereocenters. The number of aromatic amines is 1. The smallest absolute Gasteiger partial charge is 0.252 e. The summed E-state index contributed by atoms with van der Waals surface area (Å²) in [6.45, 7) is 0. The Morgan fingerprint density at radius 1 is 1.25 bits per heavy atom. The summed E-state index contributed by atoms with van der Waals surface area (Å²) in [5, 5.41) is 0. The molecule has 0 saturated heterocycles. The van der Waals surface area contributed by atoms with Gasteiger partial charge in [0.15, 0.2) is 6.10 Å². The number of aromatic nitrogens is 1. The number of carbonyl (C=O) groups is 1. The van der Waals surface area contributed by atoms with Crippen LogP contribution in [0.25, 0.3) is 11.3 Å². The van der Waals surface area contributed by atoms with E-state index in [1.54, 1.807) is 0 Å². The Hall–Kier alpha value is -1.78. The van der Waals surface area contributed by atoms with Crippen molar-refractivity contribution in [1.82, 2.24) is 4.98 Å². The van der Waals surface area contributed by atoms with Crippen LogP contribution < -0.4 is 5.73 Å². The molecule has 128 valence electrons. The molecule has 2 aromatic rings. The van der Waals surface area contributed by atoms with E-state index in [1.165, 1.54) is 24.7 Å². The van der Waals surface area contributed by atoms with Gasteiger partial charge in [0.2, 0.25) is 0 Å². The van der Waals surface area contributed by atoms with Crippen molar-refractivity contribution in [3.8, 4) is 11.3 Å². The third-order valence-electron chi connectivity index (χ3n) is 4.79. The van der Waals surface area contributed by atoms with E-state index >= 15 is 0 Å². The zero-order chi connectivity index (χ0) is 17.1. The van der Waals surface area contributed by atoms with Gasteiger partial charge < -0.3 is 15.5 Å². The minimum absolute atomic E-state index is 0.447. The number of ether oxygens (including phenoxy) is 1. The lowest BCUT2D eigenvalue weighted by Crippen LogP contribution is -2.24. The highest BCUT2D eigenvalue weighted by Gasteiger charge is 2.28. The molecule has 0 aliphatic heterocycles. The highest BCUT2D eigenvalue weighted by atomic mass is 35.5. The van der Waals surface area contributed by atoms with Crippen molar-refractivity contribution in [2.75, 3.05) is 7.11 Å². The number of fused-ring (bicyclic) bond motifs is 1. The van der Waals surface area contributed by atoms with Gasteiger partial charge in [-0.3, -0.25) is 4.79 Å². The highest BCUT2D eigenvalue weighted by Crippen LogP contribution is 2.37. The standard InChI is InChI=1S/C19H23ClN2O2/c1-24-18(19(21)23)17-15-10-4-2-3-9-14(15)16(22-17)13-8-6-5-7-12(13)11-20/h5-8,18,22H,2-4,9-11H2,1H3,(H2,21,23). The summed E-state index contributed by atoms with van der Waals surface area (Å²) < 4.78 is 5.38. The predicted molar refractivity (Wildman–Crippen MR) is 96.0 cm³/mol. The number of methoxy groups -OCH3 is 1. The van der Waals surface area contributed by atoms with Gasteiger partial charge >= 0.3 is 0 Å². The van der Waals surface area contributed by atoms with Crippen molar-refractivity contribution in [1.29, 1.82) is 0 Å². The van der Waals surface area contributed by atoms with Crippen LogP contribution >= 0.6 is 11.6 Å². The predicted octanol–water partition coefficient (Wildman–Crippen LogP) is 3.86. The molecule has 0 spiro atoms. The van der Waals surface area contributed by atoms with Gasteiger partial charge in [0.25, 0.3) is 5.91 Å². The fourth-order valence-electron chi connectivity index (χ4n) is 3.65. The van der Waals surface area contributed by atoms with Crippen LogP contribution in [0, 0.1) is 0 Å². The number of amides is 1. The maximum atomic E-state index is 11.8. The number of hydrogen-bond acceptors (Lipinski definition) is 2. The molecule has 0 radical (unpaired) electrons. The molecule has 1 amide bonds. The average molecular weight is 347 g/mol. The van der Waals surface area contributed by atoms with Gasteiger partial charge in [-0.15, -0.1) is 11.6 Å². The molecule has 1 aliphatic carbocycles. The van der Waals surface area contributed by atoms with Crippen LogP contribution in [0.2, 0.25) is 0 Å². The van der Waals surface area contributed by atoms with Gasteiger partial charge in [0.05, 0.1) is 5.69 Å². The summed E-state index contributed by atoms with van der Waals surface area (Å²) in [7, 11) is 1.52. The quantitative estimate of drug-likeness (QED) is 0.637. The summed E-state index contributed by atoms with van der Waals surface area (Å²) in [4.78, 5) is 15.3. The first-order valence-corrected chi connectivity index (χ1v) is 8.90. The first-order valence-electron chi connectivity index (χ1n) is 8.37. The van der Waals surface area contributed by atoms with Gasteiger partial charge in [-0.1, -0.05) is 30.7 Å². The van der Waals surface area contributed by atoms with Gasteiger partial charge in [0.1, 0.15) is 0 Å². The topological polar surface area (TPSA) is 68.1 Å². The second kappa shape index (κ2) is 7.41. The summed E-state index contributed by atoms with van der Waals surface area (Å²) in [6.07, 6.45) is 4.65. The van der Waals surface area contributed by atoms with E-state index in [2.05, 4.69) is 11.1 Å². The van der Waals surface area contributed by atoms with Crippen LogP contribution in [0.3, 0.4) is 0 Å². The molecule has 1 aliphatic rings. The second-order valence-corrected chi connectivity index (χ2v) is 6.51. The van der Waals surface area contributed by atoms with E-state index in [0.29, 0.717) is 5.88 Å². The van der Waals surface area contributed by atoms with Gasteiger partial charge in [-0.25, -0.2) is 0 Å². The summed E-state index contributed by atoms with van der Waals surface area (Å²) >= 11 is 6.13. The van der Waals surface area contributed by atoms with Crippen LogP contribution in [-0.4, -0.2) is 18.0 Å². The minimum Gasteiger partial charge on any atom is -0.367 e. The first kappa shape index (κ1) is 17.1. The summed E-state index contributed by atoms with van der Waals surface area (Å²) in [5.74, 6) is -0.0222. The molecular formula is C19H23ClN2O2. The molecule has 0 fully saturated rings. The molecule has 1 atom stereocenters. The van der Waals surface area contributed by atoms with Crippen molar-refractivity contribution < 1.29 is 9.53 Å². The van der Waals surface area contributed by atoms with E-state index in [-0.39, 0.29) is 0 Å². The lowest BCUT2D eigenvalue weighted by molar-refractivity contribution is -0.128. The third-order valence-corrected chi connectivity index (χ3v) is 5.08. The summed E-state index contributed by atoms with van der Waals surface area (Å²) in [5.41, 5.74) is 12.1. The van der Waals surface area contributed by atoms with Gasteiger partial charge in [0, 0.05) is 24.2 Å². The minimum atomic E-state index is -0.742. The van der Waals surface area contributed by atoms with Crippen LogP contribution in [0.5, 0.6) is 0 Å².